The maximum Gasteiger partial charge on any atom is 0.337 e. The Hall–Kier alpha value is -3.55. The van der Waals surface area contributed by atoms with Gasteiger partial charge >= 0.3 is 5.97 Å². The lowest BCUT2D eigenvalue weighted by Gasteiger charge is -2.33. The van der Waals surface area contributed by atoms with Gasteiger partial charge in [0.05, 0.1) is 30.3 Å². The molecule has 1 heterocycles. The number of ether oxygens (including phenoxy) is 1. The highest BCUT2D eigenvalue weighted by atomic mass is 19.1. The van der Waals surface area contributed by atoms with Crippen LogP contribution < -0.4 is 4.90 Å². The SMILES string of the molecule is CCC(C)N(C(=O)c1ccccc1F)C1CC(=O)N(c2ccc(C(=O)OC)cc2)C1=O. The highest BCUT2D eigenvalue weighted by Crippen LogP contribution is 2.29. The predicted molar refractivity (Wildman–Crippen MR) is 111 cm³/mol. The summed E-state index contributed by atoms with van der Waals surface area (Å²) in [4.78, 5) is 53.0. The van der Waals surface area contributed by atoms with Crippen molar-refractivity contribution in [1.29, 1.82) is 0 Å². The average Bonchev–Trinajstić information content (AvgIpc) is 3.07. The van der Waals surface area contributed by atoms with Gasteiger partial charge in [0.2, 0.25) is 5.91 Å². The molecule has 0 bridgehead atoms. The van der Waals surface area contributed by atoms with E-state index in [1.807, 2.05) is 6.92 Å². The van der Waals surface area contributed by atoms with Gasteiger partial charge in [0.25, 0.3) is 11.8 Å². The summed E-state index contributed by atoms with van der Waals surface area (Å²) in [6.07, 6.45) is 0.314. The topological polar surface area (TPSA) is 84.0 Å². The van der Waals surface area contributed by atoms with Crippen LogP contribution in [0.5, 0.6) is 0 Å². The third-order valence-electron chi connectivity index (χ3n) is 5.41. The van der Waals surface area contributed by atoms with E-state index in [9.17, 15) is 23.6 Å². The molecule has 7 nitrogen and oxygen atoms in total. The second-order valence-corrected chi connectivity index (χ2v) is 7.28. The number of anilines is 1. The molecule has 0 radical (unpaired) electrons. The maximum atomic E-state index is 14.3. The normalized spacial score (nSPS) is 16.9. The van der Waals surface area contributed by atoms with Crippen LogP contribution in [-0.2, 0) is 14.3 Å². The second kappa shape index (κ2) is 9.07. The Labute approximate surface area is 179 Å². The fraction of sp³-hybridized carbons (Fsp3) is 0.304. The molecule has 2 unspecified atom stereocenters. The molecule has 2 aromatic carbocycles. The molecular weight excluding hydrogens is 403 g/mol. The minimum atomic E-state index is -1.05. The highest BCUT2D eigenvalue weighted by Gasteiger charge is 2.46. The molecular formula is C23H23FN2O5. The molecule has 1 saturated heterocycles. The van der Waals surface area contributed by atoms with E-state index in [4.69, 9.17) is 0 Å². The largest absolute Gasteiger partial charge is 0.465 e. The Morgan fingerprint density at radius 2 is 1.81 bits per heavy atom. The van der Waals surface area contributed by atoms with Crippen molar-refractivity contribution in [3.63, 3.8) is 0 Å². The molecule has 1 aliphatic heterocycles. The van der Waals surface area contributed by atoms with Crippen molar-refractivity contribution >= 4 is 29.4 Å². The molecule has 3 amide bonds. The van der Waals surface area contributed by atoms with E-state index in [0.29, 0.717) is 6.42 Å². The van der Waals surface area contributed by atoms with Crippen LogP contribution in [0.3, 0.4) is 0 Å². The minimum Gasteiger partial charge on any atom is -0.465 e. The van der Waals surface area contributed by atoms with E-state index in [-0.39, 0.29) is 23.2 Å². The van der Waals surface area contributed by atoms with Gasteiger partial charge in [-0.3, -0.25) is 14.4 Å². The zero-order valence-corrected chi connectivity index (χ0v) is 17.5. The Balaban J connectivity index is 1.93. The predicted octanol–water partition coefficient (Wildman–Crippen LogP) is 3.19. The molecule has 0 spiro atoms. The number of carbonyl (C=O) groups excluding carboxylic acids is 4. The fourth-order valence-electron chi connectivity index (χ4n) is 3.59. The molecule has 2 aromatic rings. The molecule has 1 aliphatic rings. The number of methoxy groups -OCH3 is 1. The number of benzene rings is 2. The van der Waals surface area contributed by atoms with Gasteiger partial charge in [-0.25, -0.2) is 14.1 Å². The van der Waals surface area contributed by atoms with Crippen LogP contribution >= 0.6 is 0 Å². The second-order valence-electron chi connectivity index (χ2n) is 7.28. The highest BCUT2D eigenvalue weighted by molar-refractivity contribution is 6.23. The van der Waals surface area contributed by atoms with Gasteiger partial charge in [-0.05, 0) is 49.7 Å². The summed E-state index contributed by atoms with van der Waals surface area (Å²) >= 11 is 0. The molecule has 2 atom stereocenters. The average molecular weight is 426 g/mol. The molecule has 0 N–H and O–H groups in total. The summed E-state index contributed by atoms with van der Waals surface area (Å²) in [6.45, 7) is 3.60. The molecule has 31 heavy (non-hydrogen) atoms. The van der Waals surface area contributed by atoms with Crippen molar-refractivity contribution in [2.24, 2.45) is 0 Å². The van der Waals surface area contributed by atoms with Crippen molar-refractivity contribution in [1.82, 2.24) is 4.90 Å². The Kier molecular flexibility index (Phi) is 6.48. The molecule has 0 aliphatic carbocycles. The van der Waals surface area contributed by atoms with Crippen LogP contribution in [0.2, 0.25) is 0 Å². The monoisotopic (exact) mass is 426 g/mol. The van der Waals surface area contributed by atoms with Crippen molar-refractivity contribution in [3.8, 4) is 0 Å². The van der Waals surface area contributed by atoms with E-state index < -0.39 is 41.6 Å². The van der Waals surface area contributed by atoms with E-state index >= 15 is 0 Å². The van der Waals surface area contributed by atoms with E-state index in [0.717, 1.165) is 4.90 Å². The van der Waals surface area contributed by atoms with Crippen molar-refractivity contribution < 1.29 is 28.3 Å². The Bertz CT molecular complexity index is 1020. The van der Waals surface area contributed by atoms with Crippen LogP contribution in [0.1, 0.15) is 47.4 Å². The van der Waals surface area contributed by atoms with E-state index in [1.54, 1.807) is 13.0 Å². The van der Waals surface area contributed by atoms with Gasteiger partial charge in [0.1, 0.15) is 11.9 Å². The number of esters is 1. The number of nitrogens with zero attached hydrogens (tertiary/aromatic N) is 2. The third kappa shape index (κ3) is 4.19. The first-order valence-electron chi connectivity index (χ1n) is 9.92. The number of carbonyl (C=O) groups is 4. The van der Waals surface area contributed by atoms with Gasteiger partial charge in [0.15, 0.2) is 0 Å². The van der Waals surface area contributed by atoms with Crippen LogP contribution in [-0.4, -0.2) is 47.8 Å². The quantitative estimate of drug-likeness (QED) is 0.523. The zero-order chi connectivity index (χ0) is 22.7. The van der Waals surface area contributed by atoms with Crippen LogP contribution in [0.4, 0.5) is 10.1 Å². The fourth-order valence-corrected chi connectivity index (χ4v) is 3.59. The zero-order valence-electron chi connectivity index (χ0n) is 17.5. The molecule has 162 valence electrons. The first-order chi connectivity index (χ1) is 14.8. The van der Waals surface area contributed by atoms with Gasteiger partial charge < -0.3 is 9.64 Å². The lowest BCUT2D eigenvalue weighted by Crippen LogP contribution is -2.50. The number of hydrogen-bond donors (Lipinski definition) is 0. The van der Waals surface area contributed by atoms with Gasteiger partial charge in [-0.2, -0.15) is 0 Å². The molecule has 8 heteroatoms. The van der Waals surface area contributed by atoms with Gasteiger partial charge in [-0.1, -0.05) is 19.1 Å². The number of hydrogen-bond acceptors (Lipinski definition) is 5. The number of amides is 3. The summed E-state index contributed by atoms with van der Waals surface area (Å²) < 4.78 is 18.9. The first kappa shape index (κ1) is 22.1. The molecule has 0 saturated carbocycles. The van der Waals surface area contributed by atoms with Gasteiger partial charge in [-0.15, -0.1) is 0 Å². The minimum absolute atomic E-state index is 0.149. The smallest absolute Gasteiger partial charge is 0.337 e. The van der Waals surface area contributed by atoms with Crippen LogP contribution in [0.25, 0.3) is 0 Å². The van der Waals surface area contributed by atoms with Gasteiger partial charge in [0, 0.05) is 6.04 Å². The summed E-state index contributed by atoms with van der Waals surface area (Å²) in [5, 5.41) is 0. The number of rotatable bonds is 6. The standard InChI is InChI=1S/C23H23FN2O5/c1-4-14(2)25(21(28)17-7-5-6-8-18(17)24)19-13-20(27)26(22(19)29)16-11-9-15(10-12-16)23(30)31-3/h5-12,14,19H,4,13H2,1-3H3. The van der Waals surface area contributed by atoms with E-state index in [1.165, 1.54) is 54.5 Å². The summed E-state index contributed by atoms with van der Waals surface area (Å²) in [6, 6.07) is 9.96. The number of halogens is 1. The summed E-state index contributed by atoms with van der Waals surface area (Å²) in [5.41, 5.74) is 0.411. The lowest BCUT2D eigenvalue weighted by molar-refractivity contribution is -0.122. The van der Waals surface area contributed by atoms with Crippen LogP contribution in [0.15, 0.2) is 48.5 Å². The molecule has 3 rings (SSSR count). The summed E-state index contributed by atoms with van der Waals surface area (Å²) in [5.74, 6) is -2.91. The lowest BCUT2D eigenvalue weighted by atomic mass is 10.1. The van der Waals surface area contributed by atoms with Crippen molar-refractivity contribution in [3.05, 3.63) is 65.5 Å². The van der Waals surface area contributed by atoms with Crippen molar-refractivity contribution in [2.75, 3.05) is 12.0 Å². The summed E-state index contributed by atoms with van der Waals surface area (Å²) in [7, 11) is 1.25. The number of imide groups is 1. The van der Waals surface area contributed by atoms with Crippen LogP contribution in [0, 0.1) is 5.82 Å². The first-order valence-corrected chi connectivity index (χ1v) is 9.92. The molecule has 0 aromatic heterocycles. The van der Waals surface area contributed by atoms with E-state index in [2.05, 4.69) is 4.74 Å². The third-order valence-corrected chi connectivity index (χ3v) is 5.41. The maximum absolute atomic E-state index is 14.3. The Morgan fingerprint density at radius 3 is 2.39 bits per heavy atom. The Morgan fingerprint density at radius 1 is 1.16 bits per heavy atom. The molecule has 1 fully saturated rings. The van der Waals surface area contributed by atoms with Crippen molar-refractivity contribution in [2.45, 2.75) is 38.8 Å².